The van der Waals surface area contributed by atoms with E-state index in [9.17, 15) is 26.4 Å². The second kappa shape index (κ2) is 14.2. The SMILES string of the molecule is N[C@@H](CSSC[C@H](N)C(=O)OS(=O)(=O)[S-])C(=O)OS(=O)(=O)[S-].[Na+].[Na+]. The van der Waals surface area contributed by atoms with E-state index in [0.29, 0.717) is 0 Å². The molecule has 0 unspecified atom stereocenters. The summed E-state index contributed by atoms with van der Waals surface area (Å²) >= 11 is 7.72. The standard InChI is InChI=1S/C6H12N2O8S6.2Na/c7-3(5(9)15-21(11,12)17)1-19-20-2-4(8)6(10)16-22(13,14)18;;/h3-4H,1-2,7-8H2,(H,11,12,17)(H,13,14,18);;/q;2*+1/p-2/t3-,4-;;/m0../s1. The molecule has 0 saturated carbocycles. The predicted octanol–water partition coefficient (Wildman–Crippen LogP) is -8.30. The molecular weight excluding hydrogens is 466 g/mol. The molecule has 0 aliphatic carbocycles. The minimum Gasteiger partial charge on any atom is -0.606 e. The van der Waals surface area contributed by atoms with Gasteiger partial charge in [0, 0.05) is 11.5 Å². The molecule has 0 aromatic rings. The molecular formula is C6H10N2Na2O8S6. The van der Waals surface area contributed by atoms with Crippen LogP contribution in [0.25, 0.3) is 0 Å². The average molecular weight is 477 g/mol. The van der Waals surface area contributed by atoms with Crippen molar-refractivity contribution in [2.24, 2.45) is 11.5 Å². The summed E-state index contributed by atoms with van der Waals surface area (Å²) < 4.78 is 49.9. The van der Waals surface area contributed by atoms with Gasteiger partial charge in [0.25, 0.3) is 0 Å². The molecule has 0 spiro atoms. The molecule has 0 aliphatic heterocycles. The van der Waals surface area contributed by atoms with Crippen molar-refractivity contribution in [2.45, 2.75) is 12.1 Å². The molecule has 0 fully saturated rings. The van der Waals surface area contributed by atoms with Crippen molar-refractivity contribution >= 4 is 75.1 Å². The maximum atomic E-state index is 11.2. The Hall–Kier alpha value is 2.16. The summed E-state index contributed by atoms with van der Waals surface area (Å²) in [4.78, 5) is 22.3. The number of carbonyl (C=O) groups is 2. The first-order valence-electron chi connectivity index (χ1n) is 4.95. The minimum absolute atomic E-state index is 0. The van der Waals surface area contributed by atoms with Gasteiger partial charge in [-0.1, -0.05) is 21.6 Å². The van der Waals surface area contributed by atoms with Crippen LogP contribution in [-0.4, -0.2) is 52.4 Å². The van der Waals surface area contributed by atoms with Crippen LogP contribution in [0.15, 0.2) is 0 Å². The van der Waals surface area contributed by atoms with Gasteiger partial charge in [-0.05, 0) is 0 Å². The number of rotatable bonds is 9. The quantitative estimate of drug-likeness (QED) is 0.139. The van der Waals surface area contributed by atoms with Crippen LogP contribution in [0.1, 0.15) is 0 Å². The zero-order valence-corrected chi connectivity index (χ0v) is 21.3. The normalized spacial score (nSPS) is 13.7. The van der Waals surface area contributed by atoms with E-state index < -0.39 is 42.3 Å². The van der Waals surface area contributed by atoms with E-state index in [-0.39, 0.29) is 70.6 Å². The third-order valence-electron chi connectivity index (χ3n) is 1.55. The Morgan fingerprint density at radius 3 is 1.29 bits per heavy atom. The molecule has 0 saturated heterocycles. The maximum Gasteiger partial charge on any atom is 1.00 e. The molecule has 4 N–H and O–H groups in total. The van der Waals surface area contributed by atoms with E-state index in [1.807, 2.05) is 0 Å². The van der Waals surface area contributed by atoms with Gasteiger partial charge in [0.1, 0.15) is 12.1 Å². The van der Waals surface area contributed by atoms with E-state index in [0.717, 1.165) is 21.6 Å². The molecule has 2 atom stereocenters. The molecule has 0 bridgehead atoms. The Balaban J connectivity index is -0.00000220. The van der Waals surface area contributed by atoms with E-state index in [1.54, 1.807) is 0 Å². The van der Waals surface area contributed by atoms with Gasteiger partial charge >= 0.3 is 71.1 Å². The van der Waals surface area contributed by atoms with Crippen LogP contribution in [0.3, 0.4) is 0 Å². The van der Waals surface area contributed by atoms with Crippen molar-refractivity contribution in [3.05, 3.63) is 0 Å². The predicted molar refractivity (Wildman–Crippen MR) is 85.6 cm³/mol. The van der Waals surface area contributed by atoms with Crippen LogP contribution in [0.4, 0.5) is 0 Å². The van der Waals surface area contributed by atoms with Gasteiger partial charge in [-0.15, -0.1) is 0 Å². The monoisotopic (exact) mass is 476 g/mol. The number of nitrogens with two attached hydrogens (primary N) is 2. The maximum absolute atomic E-state index is 11.2. The van der Waals surface area contributed by atoms with E-state index in [2.05, 4.69) is 31.7 Å². The van der Waals surface area contributed by atoms with E-state index in [1.165, 1.54) is 0 Å². The topological polar surface area (TPSA) is 173 Å². The summed E-state index contributed by atoms with van der Waals surface area (Å²) in [6.07, 6.45) is 0. The fourth-order valence-electron chi connectivity index (χ4n) is 0.704. The van der Waals surface area contributed by atoms with Crippen molar-refractivity contribution < 1.29 is 93.9 Å². The molecule has 0 rings (SSSR count). The zero-order chi connectivity index (χ0) is 17.6. The summed E-state index contributed by atoms with van der Waals surface area (Å²) in [5.74, 6) is -2.56. The first kappa shape index (κ1) is 30.9. The summed E-state index contributed by atoms with van der Waals surface area (Å²) in [6.45, 7) is 0. The third kappa shape index (κ3) is 17.6. The van der Waals surface area contributed by atoms with Gasteiger partial charge in [0.15, 0.2) is 18.3 Å². The molecule has 18 heteroatoms. The fourth-order valence-corrected chi connectivity index (χ4v) is 3.97. The molecule has 24 heavy (non-hydrogen) atoms. The van der Waals surface area contributed by atoms with Crippen LogP contribution in [0.5, 0.6) is 0 Å². The minimum atomic E-state index is -4.35. The van der Waals surface area contributed by atoms with Crippen molar-refractivity contribution in [1.82, 2.24) is 0 Å². The molecule has 0 aromatic heterocycles. The van der Waals surface area contributed by atoms with Gasteiger partial charge in [-0.3, -0.25) is 0 Å². The molecule has 0 heterocycles. The third-order valence-corrected chi connectivity index (χ3v) is 5.17. The smallest absolute Gasteiger partial charge is 0.606 e. The molecule has 130 valence electrons. The van der Waals surface area contributed by atoms with Crippen molar-refractivity contribution in [2.75, 3.05) is 11.5 Å². The molecule has 0 radical (unpaired) electrons. The van der Waals surface area contributed by atoms with Gasteiger partial charge in [0.05, 0.1) is 0 Å². The largest absolute Gasteiger partial charge is 1.00 e. The molecule has 0 aliphatic rings. The first-order valence-corrected chi connectivity index (χ1v) is 12.1. The second-order valence-electron chi connectivity index (χ2n) is 3.40. The van der Waals surface area contributed by atoms with Crippen LogP contribution in [-0.2, 0) is 59.6 Å². The molecule has 0 amide bonds. The van der Waals surface area contributed by atoms with Gasteiger partial charge < -0.3 is 43.2 Å². The van der Waals surface area contributed by atoms with Crippen LogP contribution >= 0.6 is 21.6 Å². The van der Waals surface area contributed by atoms with Gasteiger partial charge in [0.2, 0.25) is 0 Å². The van der Waals surface area contributed by atoms with Gasteiger partial charge in [-0.2, -0.15) is 0 Å². The Bertz CT molecular complexity index is 559. The number of hydrogen-bond acceptors (Lipinski definition) is 14. The van der Waals surface area contributed by atoms with Crippen molar-refractivity contribution in [3.8, 4) is 0 Å². The number of carbonyl (C=O) groups excluding carboxylic acids is 2. The molecule has 0 aromatic carbocycles. The van der Waals surface area contributed by atoms with Crippen molar-refractivity contribution in [1.29, 1.82) is 0 Å². The summed E-state index contributed by atoms with van der Waals surface area (Å²) in [6, 6.07) is -2.52. The Labute approximate surface area is 201 Å². The Morgan fingerprint density at radius 1 is 0.833 bits per heavy atom. The zero-order valence-electron chi connectivity index (χ0n) is 12.4. The summed E-state index contributed by atoms with van der Waals surface area (Å²) in [5.41, 5.74) is 10.7. The van der Waals surface area contributed by atoms with Crippen molar-refractivity contribution in [3.63, 3.8) is 0 Å². The van der Waals surface area contributed by atoms with Crippen LogP contribution < -0.4 is 70.6 Å². The van der Waals surface area contributed by atoms with Gasteiger partial charge in [-0.25, -0.2) is 26.4 Å². The molecule has 10 nitrogen and oxygen atoms in total. The first-order chi connectivity index (χ1) is 9.82. The van der Waals surface area contributed by atoms with Crippen LogP contribution in [0.2, 0.25) is 0 Å². The van der Waals surface area contributed by atoms with E-state index >= 15 is 0 Å². The summed E-state index contributed by atoms with van der Waals surface area (Å²) in [5, 5.41) is 0. The van der Waals surface area contributed by atoms with E-state index in [4.69, 9.17) is 11.5 Å². The van der Waals surface area contributed by atoms with Crippen LogP contribution in [0, 0.1) is 0 Å². The fraction of sp³-hybridized carbons (Fsp3) is 0.667. The Morgan fingerprint density at radius 2 is 1.08 bits per heavy atom. The second-order valence-corrected chi connectivity index (χ2v) is 10.4. The number of hydrogen-bond donors (Lipinski definition) is 2. The summed E-state index contributed by atoms with van der Waals surface area (Å²) in [7, 11) is -6.75. The Kier molecular flexibility index (Phi) is 18.3. The average Bonchev–Trinajstić information content (AvgIpc) is 2.29.